The van der Waals surface area contributed by atoms with E-state index in [-0.39, 0.29) is 0 Å². The van der Waals surface area contributed by atoms with E-state index < -0.39 is 0 Å². The normalized spacial score (nSPS) is 11.2. The Bertz CT molecular complexity index is 699. The molecule has 0 saturated carbocycles. The lowest BCUT2D eigenvalue weighted by atomic mass is 10.4. The third kappa shape index (κ3) is 1.49. The first-order valence-corrected chi connectivity index (χ1v) is 5.54. The molecule has 86 valence electrons. The van der Waals surface area contributed by atoms with Crippen LogP contribution in [0.25, 0.3) is 17.1 Å². The number of fused-ring (bicyclic) bond motifs is 1. The van der Waals surface area contributed by atoms with Gasteiger partial charge < -0.3 is 10.2 Å². The van der Waals surface area contributed by atoms with Crippen LogP contribution in [0.15, 0.2) is 34.7 Å². The molecule has 0 fully saturated rings. The van der Waals surface area contributed by atoms with E-state index in [1.807, 2.05) is 31.2 Å². The minimum Gasteiger partial charge on any atom is -0.458 e. The standard InChI is InChI=1S/C12H10ClN3O/c1-7-5-6-9(17-7)12-15-11(13)8-3-2-4-10(14)16(8)12/h2-6H,14H2,1H3. The van der Waals surface area contributed by atoms with E-state index in [0.717, 1.165) is 11.3 Å². The molecule has 0 aliphatic rings. The van der Waals surface area contributed by atoms with E-state index in [1.54, 1.807) is 10.5 Å². The number of halogens is 1. The van der Waals surface area contributed by atoms with E-state index in [9.17, 15) is 0 Å². The lowest BCUT2D eigenvalue weighted by molar-refractivity contribution is 0.544. The highest BCUT2D eigenvalue weighted by molar-refractivity contribution is 6.33. The SMILES string of the molecule is Cc1ccc(-c2nc(Cl)c3cccc(N)n23)o1. The largest absolute Gasteiger partial charge is 0.458 e. The molecular formula is C12H10ClN3O. The number of aromatic nitrogens is 2. The average molecular weight is 248 g/mol. The van der Waals surface area contributed by atoms with Crippen LogP contribution in [0.4, 0.5) is 5.82 Å². The Morgan fingerprint density at radius 1 is 1.29 bits per heavy atom. The summed E-state index contributed by atoms with van der Waals surface area (Å²) in [5.41, 5.74) is 6.71. The monoisotopic (exact) mass is 247 g/mol. The van der Waals surface area contributed by atoms with Crippen molar-refractivity contribution in [3.05, 3.63) is 41.2 Å². The van der Waals surface area contributed by atoms with Crippen LogP contribution in [0.2, 0.25) is 5.15 Å². The molecule has 3 heterocycles. The van der Waals surface area contributed by atoms with Gasteiger partial charge in [0.2, 0.25) is 0 Å². The highest BCUT2D eigenvalue weighted by Crippen LogP contribution is 2.28. The van der Waals surface area contributed by atoms with Crippen LogP contribution < -0.4 is 5.73 Å². The van der Waals surface area contributed by atoms with Gasteiger partial charge >= 0.3 is 0 Å². The van der Waals surface area contributed by atoms with Gasteiger partial charge in [0.05, 0.1) is 5.52 Å². The number of imidazole rings is 1. The Morgan fingerprint density at radius 3 is 2.82 bits per heavy atom. The Balaban J connectivity index is 2.37. The number of nitrogens with zero attached hydrogens (tertiary/aromatic N) is 2. The molecular weight excluding hydrogens is 238 g/mol. The van der Waals surface area contributed by atoms with E-state index in [4.69, 9.17) is 21.8 Å². The summed E-state index contributed by atoms with van der Waals surface area (Å²) in [4.78, 5) is 4.29. The third-order valence-corrected chi connectivity index (χ3v) is 2.89. The first-order valence-electron chi connectivity index (χ1n) is 5.16. The second kappa shape index (κ2) is 3.53. The fourth-order valence-electron chi connectivity index (χ4n) is 1.84. The van der Waals surface area contributed by atoms with Gasteiger partial charge in [-0.25, -0.2) is 4.98 Å². The molecule has 0 atom stereocenters. The first-order chi connectivity index (χ1) is 8.16. The second-order valence-corrected chi connectivity index (χ2v) is 4.17. The van der Waals surface area contributed by atoms with Gasteiger partial charge in [0.1, 0.15) is 11.6 Å². The minimum absolute atomic E-state index is 0.418. The summed E-state index contributed by atoms with van der Waals surface area (Å²) in [7, 11) is 0. The Labute approximate surface area is 103 Å². The molecule has 17 heavy (non-hydrogen) atoms. The summed E-state index contributed by atoms with van der Waals surface area (Å²) < 4.78 is 7.33. The van der Waals surface area contributed by atoms with Crippen molar-refractivity contribution in [1.82, 2.24) is 9.38 Å². The minimum atomic E-state index is 0.418. The van der Waals surface area contributed by atoms with Crippen LogP contribution in [0.5, 0.6) is 0 Å². The first kappa shape index (κ1) is 10.2. The van der Waals surface area contributed by atoms with Crippen LogP contribution in [0.3, 0.4) is 0 Å². The van der Waals surface area contributed by atoms with Crippen molar-refractivity contribution < 1.29 is 4.42 Å². The van der Waals surface area contributed by atoms with Crippen molar-refractivity contribution >= 4 is 22.9 Å². The number of hydrogen-bond donors (Lipinski definition) is 1. The van der Waals surface area contributed by atoms with Crippen molar-refractivity contribution in [1.29, 1.82) is 0 Å². The molecule has 3 aromatic rings. The van der Waals surface area contributed by atoms with Gasteiger partial charge in [0.15, 0.2) is 16.7 Å². The van der Waals surface area contributed by atoms with Crippen LogP contribution in [-0.2, 0) is 0 Å². The molecule has 0 aliphatic carbocycles. The number of anilines is 1. The van der Waals surface area contributed by atoms with Crippen LogP contribution in [-0.4, -0.2) is 9.38 Å². The van der Waals surface area contributed by atoms with Crippen LogP contribution >= 0.6 is 11.6 Å². The summed E-state index contributed by atoms with van der Waals surface area (Å²) in [6.45, 7) is 1.88. The molecule has 0 amide bonds. The summed E-state index contributed by atoms with van der Waals surface area (Å²) in [5, 5.41) is 0.418. The zero-order chi connectivity index (χ0) is 12.0. The molecule has 4 nitrogen and oxygen atoms in total. The van der Waals surface area contributed by atoms with Gasteiger partial charge in [-0.05, 0) is 31.2 Å². The molecule has 2 N–H and O–H groups in total. The van der Waals surface area contributed by atoms with Crippen molar-refractivity contribution in [3.63, 3.8) is 0 Å². The molecule has 0 aliphatic heterocycles. The zero-order valence-electron chi connectivity index (χ0n) is 9.14. The summed E-state index contributed by atoms with van der Waals surface area (Å²) in [6, 6.07) is 9.24. The van der Waals surface area contributed by atoms with Crippen molar-refractivity contribution in [2.75, 3.05) is 5.73 Å². The topological polar surface area (TPSA) is 56.5 Å². The maximum atomic E-state index is 6.08. The van der Waals surface area contributed by atoms with Gasteiger partial charge in [0.25, 0.3) is 0 Å². The van der Waals surface area contributed by atoms with E-state index in [0.29, 0.717) is 22.6 Å². The molecule has 3 aromatic heterocycles. The predicted molar refractivity (Wildman–Crippen MR) is 67.1 cm³/mol. The van der Waals surface area contributed by atoms with Crippen LogP contribution in [0.1, 0.15) is 5.76 Å². The Morgan fingerprint density at radius 2 is 2.12 bits per heavy atom. The van der Waals surface area contributed by atoms with Crippen LogP contribution in [0, 0.1) is 6.92 Å². The summed E-state index contributed by atoms with van der Waals surface area (Å²) >= 11 is 6.08. The lowest BCUT2D eigenvalue weighted by Crippen LogP contribution is -1.97. The Hall–Kier alpha value is -1.94. The van der Waals surface area contributed by atoms with Crippen molar-refractivity contribution in [2.24, 2.45) is 0 Å². The average Bonchev–Trinajstić information content (AvgIpc) is 2.85. The van der Waals surface area contributed by atoms with E-state index >= 15 is 0 Å². The van der Waals surface area contributed by atoms with E-state index in [1.165, 1.54) is 0 Å². The molecule has 0 radical (unpaired) electrons. The molecule has 3 rings (SSSR count). The van der Waals surface area contributed by atoms with Gasteiger partial charge in [-0.1, -0.05) is 17.7 Å². The fourth-order valence-corrected chi connectivity index (χ4v) is 2.07. The highest BCUT2D eigenvalue weighted by Gasteiger charge is 2.15. The second-order valence-electron chi connectivity index (χ2n) is 3.81. The molecule has 0 bridgehead atoms. The lowest BCUT2D eigenvalue weighted by Gasteiger charge is -2.01. The molecule has 0 spiro atoms. The summed E-state index contributed by atoms with van der Waals surface area (Å²) in [6.07, 6.45) is 0. The Kier molecular flexibility index (Phi) is 2.12. The van der Waals surface area contributed by atoms with Gasteiger partial charge in [-0.3, -0.25) is 4.40 Å². The maximum Gasteiger partial charge on any atom is 0.183 e. The molecule has 0 aromatic carbocycles. The zero-order valence-corrected chi connectivity index (χ0v) is 9.90. The van der Waals surface area contributed by atoms with Gasteiger partial charge in [-0.15, -0.1) is 0 Å². The van der Waals surface area contributed by atoms with E-state index in [2.05, 4.69) is 4.98 Å². The molecule has 0 saturated heterocycles. The summed E-state index contributed by atoms with van der Waals surface area (Å²) in [5.74, 6) is 2.67. The quantitative estimate of drug-likeness (QED) is 0.719. The number of aryl methyl sites for hydroxylation is 1. The number of hydrogen-bond acceptors (Lipinski definition) is 3. The van der Waals surface area contributed by atoms with Gasteiger partial charge in [0, 0.05) is 0 Å². The smallest absolute Gasteiger partial charge is 0.183 e. The number of pyridine rings is 1. The number of rotatable bonds is 1. The number of furan rings is 1. The third-order valence-electron chi connectivity index (χ3n) is 2.61. The predicted octanol–water partition coefficient (Wildman–Crippen LogP) is 3.14. The molecule has 5 heteroatoms. The highest BCUT2D eigenvalue weighted by atomic mass is 35.5. The van der Waals surface area contributed by atoms with Crippen molar-refractivity contribution in [3.8, 4) is 11.6 Å². The van der Waals surface area contributed by atoms with Gasteiger partial charge in [-0.2, -0.15) is 0 Å². The number of nitrogen functional groups attached to an aromatic ring is 1. The van der Waals surface area contributed by atoms with Crippen molar-refractivity contribution in [2.45, 2.75) is 6.92 Å². The molecule has 0 unspecified atom stereocenters. The fraction of sp³-hybridized carbons (Fsp3) is 0.0833. The number of nitrogens with two attached hydrogens (primary N) is 1. The maximum absolute atomic E-state index is 6.08.